The molecule has 2 aromatic rings. The van der Waals surface area contributed by atoms with Crippen LogP contribution in [0.5, 0.6) is 0 Å². The smallest absolute Gasteiger partial charge is 0.168 e. The molecule has 0 aromatic carbocycles. The average molecular weight is 532 g/mol. The second-order valence-corrected chi connectivity index (χ2v) is 10.4. The van der Waals surface area contributed by atoms with Gasteiger partial charge in [-0.2, -0.15) is 0 Å². The van der Waals surface area contributed by atoms with E-state index in [-0.39, 0.29) is 0 Å². The molecule has 190 valence electrons. The van der Waals surface area contributed by atoms with Crippen LogP contribution in [0.25, 0.3) is 0 Å². The second kappa shape index (κ2) is 9.29. The molecule has 2 aromatic heterocycles. The van der Waals surface area contributed by atoms with Gasteiger partial charge in [0, 0.05) is 37.1 Å². The second-order valence-electron chi connectivity index (χ2n) is 6.56. The standard InChI is InChI=1S/C16H22N2.2F6P/c1(5-11-17-13-7-3-8-14-17)2-6-12-18-15-9-4-10-16-18;2*1-7(2,3,4,5)6/h3-4,7-10,13-16H,1-2,5-6,11-12H2;;/q+2;2*-1. The Labute approximate surface area is 176 Å². The molecule has 0 aliphatic heterocycles. The maximum Gasteiger partial charge on any atom is 0.168 e. The van der Waals surface area contributed by atoms with Crippen molar-refractivity contribution < 1.29 is 59.5 Å². The van der Waals surface area contributed by atoms with E-state index in [1.807, 2.05) is 0 Å². The minimum atomic E-state index is -10.7. The van der Waals surface area contributed by atoms with Gasteiger partial charge in [-0.1, -0.05) is 12.1 Å². The van der Waals surface area contributed by atoms with Crippen LogP contribution in [0, 0.1) is 0 Å². The van der Waals surface area contributed by atoms with E-state index < -0.39 is 15.6 Å². The average Bonchev–Trinajstić information content (AvgIpc) is 2.54. The molecule has 32 heavy (non-hydrogen) atoms. The van der Waals surface area contributed by atoms with Crippen molar-refractivity contribution in [1.82, 2.24) is 0 Å². The van der Waals surface area contributed by atoms with Gasteiger partial charge in [-0.15, -0.1) is 0 Å². The topological polar surface area (TPSA) is 7.76 Å². The molecule has 2 rings (SSSR count). The Morgan fingerprint density at radius 2 is 0.594 bits per heavy atom. The molecule has 0 aliphatic rings. The summed E-state index contributed by atoms with van der Waals surface area (Å²) in [5.74, 6) is 0. The van der Waals surface area contributed by atoms with E-state index in [1.54, 1.807) is 0 Å². The van der Waals surface area contributed by atoms with Crippen molar-refractivity contribution in [3.8, 4) is 0 Å². The normalized spacial score (nSPS) is 16.0. The monoisotopic (exact) mass is 532 g/mol. The van der Waals surface area contributed by atoms with Crippen LogP contribution in [-0.4, -0.2) is 0 Å². The molecular weight excluding hydrogens is 510 g/mol. The van der Waals surface area contributed by atoms with E-state index in [1.165, 1.54) is 25.7 Å². The quantitative estimate of drug-likeness (QED) is 0.145. The number of pyridine rings is 2. The SMILES string of the molecule is F[P-](F)(F)(F)(F)F.F[P-](F)(F)(F)(F)F.c1cc[n+](CCCCCC[n+]2ccccc2)cc1. The number of nitrogens with zero attached hydrogens (tertiary/aromatic N) is 2. The van der Waals surface area contributed by atoms with Gasteiger partial charge in [0.05, 0.1) is 0 Å². The minimum Gasteiger partial charge on any atom is -0.205 e. The molecule has 0 bridgehead atoms. The maximum atomic E-state index is 9.87. The number of halogens is 12. The first-order valence-corrected chi connectivity index (χ1v) is 12.9. The zero-order valence-corrected chi connectivity index (χ0v) is 18.1. The predicted molar refractivity (Wildman–Crippen MR) is 98.9 cm³/mol. The Morgan fingerprint density at radius 3 is 0.812 bits per heavy atom. The van der Waals surface area contributed by atoms with Crippen LogP contribution in [-0.2, 0) is 13.1 Å². The van der Waals surface area contributed by atoms with Gasteiger partial charge >= 0.3 is 66.0 Å². The fraction of sp³-hybridized carbons (Fsp3) is 0.375. The summed E-state index contributed by atoms with van der Waals surface area (Å²) in [6, 6.07) is 12.5. The molecule has 0 fully saturated rings. The van der Waals surface area contributed by atoms with E-state index in [2.05, 4.69) is 70.3 Å². The van der Waals surface area contributed by atoms with Gasteiger partial charge in [0.2, 0.25) is 0 Å². The van der Waals surface area contributed by atoms with Crippen molar-refractivity contribution in [2.24, 2.45) is 0 Å². The van der Waals surface area contributed by atoms with Gasteiger partial charge in [-0.25, -0.2) is 9.13 Å². The molecule has 2 heterocycles. The van der Waals surface area contributed by atoms with Crippen molar-refractivity contribution in [3.63, 3.8) is 0 Å². The first-order valence-electron chi connectivity index (χ1n) is 8.86. The van der Waals surface area contributed by atoms with E-state index >= 15 is 0 Å². The minimum absolute atomic E-state index is 1.14. The fourth-order valence-corrected chi connectivity index (χ4v) is 2.11. The van der Waals surface area contributed by atoms with E-state index in [9.17, 15) is 50.4 Å². The molecular formula is C16H22F12N2P2. The summed E-state index contributed by atoms with van der Waals surface area (Å²) in [6.45, 7) is 2.28. The van der Waals surface area contributed by atoms with E-state index in [0.29, 0.717) is 0 Å². The molecule has 0 aliphatic carbocycles. The third-order valence-corrected chi connectivity index (χ3v) is 3.14. The zero-order chi connectivity index (χ0) is 25.3. The van der Waals surface area contributed by atoms with Gasteiger partial charge in [0.1, 0.15) is 13.1 Å². The molecule has 0 saturated heterocycles. The first kappa shape index (κ1) is 30.3. The summed E-state index contributed by atoms with van der Waals surface area (Å²) in [7, 11) is -21.3. The van der Waals surface area contributed by atoms with E-state index in [4.69, 9.17) is 0 Å². The number of rotatable bonds is 7. The fourth-order valence-electron chi connectivity index (χ4n) is 2.11. The predicted octanol–water partition coefficient (Wildman–Crippen LogP) is 9.29. The summed E-state index contributed by atoms with van der Waals surface area (Å²) in [4.78, 5) is 0. The number of hydrogen-bond donors (Lipinski definition) is 0. The molecule has 0 radical (unpaired) electrons. The van der Waals surface area contributed by atoms with Gasteiger partial charge in [0.25, 0.3) is 0 Å². The van der Waals surface area contributed by atoms with E-state index in [0.717, 1.165) is 13.1 Å². The Bertz CT molecular complexity index is 712. The molecule has 0 atom stereocenters. The van der Waals surface area contributed by atoms with Crippen molar-refractivity contribution in [2.75, 3.05) is 0 Å². The van der Waals surface area contributed by atoms with Gasteiger partial charge < -0.3 is 0 Å². The largest absolute Gasteiger partial charge is 0.205 e. The Kier molecular flexibility index (Phi) is 8.80. The van der Waals surface area contributed by atoms with Crippen LogP contribution in [0.3, 0.4) is 0 Å². The Balaban J connectivity index is 0.000000570. The van der Waals surface area contributed by atoms with Crippen LogP contribution in [0.1, 0.15) is 25.7 Å². The van der Waals surface area contributed by atoms with Crippen LogP contribution < -0.4 is 9.13 Å². The van der Waals surface area contributed by atoms with Gasteiger partial charge in [-0.05, 0) is 12.8 Å². The first-order chi connectivity index (χ1) is 13.8. The van der Waals surface area contributed by atoms with Crippen LogP contribution in [0.15, 0.2) is 61.2 Å². The van der Waals surface area contributed by atoms with Gasteiger partial charge in [-0.3, -0.25) is 0 Å². The molecule has 0 unspecified atom stereocenters. The number of aryl methyl sites for hydroxylation is 2. The summed E-state index contributed by atoms with van der Waals surface area (Å²) in [5.41, 5.74) is 0. The van der Waals surface area contributed by atoms with Crippen molar-refractivity contribution in [3.05, 3.63) is 61.2 Å². The molecule has 0 saturated carbocycles. The number of aromatic nitrogens is 2. The molecule has 16 heteroatoms. The third kappa shape index (κ3) is 38.9. The molecule has 0 N–H and O–H groups in total. The van der Waals surface area contributed by atoms with Crippen molar-refractivity contribution >= 4 is 15.6 Å². The molecule has 2 nitrogen and oxygen atoms in total. The van der Waals surface area contributed by atoms with Gasteiger partial charge in [0.15, 0.2) is 24.8 Å². The third-order valence-electron chi connectivity index (χ3n) is 3.14. The Hall–Kier alpha value is -1.68. The van der Waals surface area contributed by atoms with Crippen molar-refractivity contribution in [2.45, 2.75) is 38.8 Å². The number of unbranched alkanes of at least 4 members (excludes halogenated alkanes) is 3. The van der Waals surface area contributed by atoms with Crippen LogP contribution >= 0.6 is 15.6 Å². The summed E-state index contributed by atoms with van der Waals surface area (Å²) in [5, 5.41) is 0. The molecule has 0 amide bonds. The molecule has 0 spiro atoms. The summed E-state index contributed by atoms with van der Waals surface area (Å²) < 4.78 is 123. The zero-order valence-electron chi connectivity index (χ0n) is 16.3. The van der Waals surface area contributed by atoms with Crippen LogP contribution in [0.2, 0.25) is 0 Å². The summed E-state index contributed by atoms with van der Waals surface area (Å²) in [6.07, 6.45) is 13.7. The maximum absolute atomic E-state index is 10.7. The Morgan fingerprint density at radius 1 is 0.375 bits per heavy atom. The summed E-state index contributed by atoms with van der Waals surface area (Å²) >= 11 is 0. The van der Waals surface area contributed by atoms with Crippen LogP contribution in [0.4, 0.5) is 50.4 Å². The number of hydrogen-bond acceptors (Lipinski definition) is 0. The van der Waals surface area contributed by atoms with Crippen molar-refractivity contribution in [1.29, 1.82) is 0 Å².